The minimum atomic E-state index is 0.442. The third-order valence-electron chi connectivity index (χ3n) is 4.98. The van der Waals surface area contributed by atoms with Crippen molar-refractivity contribution in [2.75, 3.05) is 0 Å². The molecule has 6 nitrogen and oxygen atoms in total. The number of benzene rings is 1. The molecule has 0 spiro atoms. The lowest BCUT2D eigenvalue weighted by atomic mass is 10.2. The van der Waals surface area contributed by atoms with Crippen molar-refractivity contribution in [1.82, 2.24) is 29.4 Å². The molecule has 0 saturated carbocycles. The van der Waals surface area contributed by atoms with Crippen LogP contribution in [0.5, 0.6) is 0 Å². The van der Waals surface area contributed by atoms with E-state index in [0.29, 0.717) is 18.6 Å². The van der Waals surface area contributed by atoms with Crippen LogP contribution in [0.25, 0.3) is 22.2 Å². The summed E-state index contributed by atoms with van der Waals surface area (Å²) in [6, 6.07) is 13.0. The van der Waals surface area contributed by atoms with Gasteiger partial charge in [-0.05, 0) is 52.0 Å². The summed E-state index contributed by atoms with van der Waals surface area (Å²) in [5.74, 6) is 1.94. The highest BCUT2D eigenvalue weighted by molar-refractivity contribution is 5.75. The number of fused-ring (bicyclic) bond motifs is 2. The number of nitrogens with zero attached hydrogens (tertiary/aromatic N) is 5. The van der Waals surface area contributed by atoms with Gasteiger partial charge in [0.25, 0.3) is 0 Å². The van der Waals surface area contributed by atoms with Crippen molar-refractivity contribution in [3.05, 3.63) is 54.2 Å². The maximum absolute atomic E-state index is 4.88. The average molecular weight is 362 g/mol. The van der Waals surface area contributed by atoms with Crippen LogP contribution in [0.2, 0.25) is 0 Å². The summed E-state index contributed by atoms with van der Waals surface area (Å²) in [4.78, 5) is 20.1. The summed E-state index contributed by atoms with van der Waals surface area (Å²) < 4.78 is 2.19. The van der Waals surface area contributed by atoms with Gasteiger partial charge in [0.05, 0.1) is 24.1 Å². The molecule has 4 rings (SSSR count). The molecule has 3 aromatic heterocycles. The van der Waals surface area contributed by atoms with Crippen LogP contribution in [-0.2, 0) is 13.1 Å². The van der Waals surface area contributed by atoms with E-state index in [1.807, 2.05) is 36.5 Å². The molecule has 0 fully saturated rings. The number of para-hydroxylation sites is 2. The van der Waals surface area contributed by atoms with Crippen LogP contribution >= 0.6 is 0 Å². The first-order chi connectivity index (χ1) is 13.0. The largest absolute Gasteiger partial charge is 0.340 e. The van der Waals surface area contributed by atoms with Crippen LogP contribution < -0.4 is 0 Å². The molecule has 3 heterocycles. The molecule has 1 aromatic carbocycles. The Morgan fingerprint density at radius 1 is 0.963 bits per heavy atom. The summed E-state index contributed by atoms with van der Waals surface area (Å²) in [5, 5.41) is 0. The first-order valence-corrected chi connectivity index (χ1v) is 9.52. The third-order valence-corrected chi connectivity index (χ3v) is 4.98. The topological polar surface area (TPSA) is 62.6 Å². The predicted molar refractivity (Wildman–Crippen MR) is 109 cm³/mol. The van der Waals surface area contributed by atoms with Gasteiger partial charge in [0, 0.05) is 18.3 Å². The van der Waals surface area contributed by atoms with E-state index in [9.17, 15) is 0 Å². The Kier molecular flexibility index (Phi) is 4.66. The number of hydrogen-bond donors (Lipinski definition) is 1. The van der Waals surface area contributed by atoms with Crippen molar-refractivity contribution in [2.24, 2.45) is 0 Å². The number of imidazole rings is 2. The van der Waals surface area contributed by atoms with E-state index in [0.717, 1.165) is 40.4 Å². The van der Waals surface area contributed by atoms with Gasteiger partial charge in [-0.1, -0.05) is 12.1 Å². The fraction of sp³-hybridized carbons (Fsp3) is 0.381. The van der Waals surface area contributed by atoms with E-state index < -0.39 is 0 Å². The molecular formula is C21H26N6. The van der Waals surface area contributed by atoms with Gasteiger partial charge in [0.15, 0.2) is 5.65 Å². The van der Waals surface area contributed by atoms with Crippen LogP contribution in [-0.4, -0.2) is 41.5 Å². The normalized spacial score (nSPS) is 12.3. The number of aromatic nitrogens is 5. The number of pyridine rings is 1. The number of nitrogens with one attached hydrogen (secondary N) is 1. The monoisotopic (exact) mass is 362 g/mol. The van der Waals surface area contributed by atoms with E-state index in [4.69, 9.17) is 9.97 Å². The highest BCUT2D eigenvalue weighted by Gasteiger charge is 2.20. The smallest absolute Gasteiger partial charge is 0.160 e. The van der Waals surface area contributed by atoms with E-state index in [2.05, 4.69) is 53.2 Å². The molecule has 0 amide bonds. The van der Waals surface area contributed by atoms with Crippen molar-refractivity contribution in [3.8, 4) is 0 Å². The highest BCUT2D eigenvalue weighted by Crippen LogP contribution is 2.20. The van der Waals surface area contributed by atoms with Crippen LogP contribution in [0.3, 0.4) is 0 Å². The van der Waals surface area contributed by atoms with Crippen molar-refractivity contribution in [3.63, 3.8) is 0 Å². The number of hydrogen-bond acceptors (Lipinski definition) is 4. The molecule has 0 radical (unpaired) electrons. The summed E-state index contributed by atoms with van der Waals surface area (Å²) in [6.07, 6.45) is 1.82. The number of aromatic amines is 1. The van der Waals surface area contributed by atoms with Crippen molar-refractivity contribution in [1.29, 1.82) is 0 Å². The maximum Gasteiger partial charge on any atom is 0.160 e. The fourth-order valence-electron chi connectivity index (χ4n) is 3.65. The Bertz CT molecular complexity index is 1020. The Hall–Kier alpha value is -2.73. The fourth-order valence-corrected chi connectivity index (χ4v) is 3.65. The lowest BCUT2D eigenvalue weighted by Crippen LogP contribution is -2.37. The van der Waals surface area contributed by atoms with E-state index in [1.54, 1.807) is 0 Å². The first kappa shape index (κ1) is 17.7. The zero-order valence-corrected chi connectivity index (χ0v) is 16.3. The van der Waals surface area contributed by atoms with Gasteiger partial charge in [-0.2, -0.15) is 0 Å². The third kappa shape index (κ3) is 3.45. The van der Waals surface area contributed by atoms with E-state index >= 15 is 0 Å². The quantitative estimate of drug-likeness (QED) is 0.564. The Balaban J connectivity index is 1.75. The van der Waals surface area contributed by atoms with Crippen LogP contribution in [0, 0.1) is 0 Å². The second kappa shape index (κ2) is 7.12. The molecule has 1 N–H and O–H groups in total. The van der Waals surface area contributed by atoms with Gasteiger partial charge < -0.3 is 9.55 Å². The van der Waals surface area contributed by atoms with Gasteiger partial charge in [-0.15, -0.1) is 0 Å². The Labute approximate surface area is 159 Å². The van der Waals surface area contributed by atoms with Gasteiger partial charge in [-0.25, -0.2) is 15.0 Å². The molecule has 27 heavy (non-hydrogen) atoms. The van der Waals surface area contributed by atoms with Gasteiger partial charge in [0.1, 0.15) is 17.2 Å². The van der Waals surface area contributed by atoms with Crippen LogP contribution in [0.4, 0.5) is 0 Å². The average Bonchev–Trinajstić information content (AvgIpc) is 3.20. The molecule has 0 aliphatic heterocycles. The molecule has 0 aliphatic rings. The zero-order chi connectivity index (χ0) is 19.0. The Morgan fingerprint density at radius 3 is 2.44 bits per heavy atom. The summed E-state index contributed by atoms with van der Waals surface area (Å²) in [7, 11) is 0. The van der Waals surface area contributed by atoms with Crippen molar-refractivity contribution in [2.45, 2.75) is 52.9 Å². The van der Waals surface area contributed by atoms with E-state index in [1.165, 1.54) is 0 Å². The second-order valence-electron chi connectivity index (χ2n) is 7.52. The Morgan fingerprint density at radius 2 is 1.70 bits per heavy atom. The maximum atomic E-state index is 4.88. The molecular weight excluding hydrogens is 336 g/mol. The highest BCUT2D eigenvalue weighted by atomic mass is 15.2. The standard InChI is InChI=1S/C21H26N6/c1-14(2)26(15(3)4)13-20-25-18-10-7-11-22-21(18)27(20)12-19-23-16-8-5-6-9-17(16)24-19/h5-11,14-15H,12-13H2,1-4H3,(H,23,24). The van der Waals surface area contributed by atoms with Gasteiger partial charge >= 0.3 is 0 Å². The van der Waals surface area contributed by atoms with Gasteiger partial charge in [0.2, 0.25) is 0 Å². The summed E-state index contributed by atoms with van der Waals surface area (Å²) in [5.41, 5.74) is 3.87. The molecule has 140 valence electrons. The number of rotatable bonds is 6. The molecule has 0 unspecified atom stereocenters. The summed E-state index contributed by atoms with van der Waals surface area (Å²) in [6.45, 7) is 10.3. The lowest BCUT2D eigenvalue weighted by Gasteiger charge is -2.30. The van der Waals surface area contributed by atoms with Crippen molar-refractivity contribution < 1.29 is 0 Å². The molecule has 6 heteroatoms. The SMILES string of the molecule is CC(C)N(Cc1nc2cccnc2n1Cc1nc2ccccc2[nH]1)C(C)C. The molecule has 0 bridgehead atoms. The predicted octanol–water partition coefficient (Wildman–Crippen LogP) is 3.97. The summed E-state index contributed by atoms with van der Waals surface area (Å²) >= 11 is 0. The molecule has 0 aliphatic carbocycles. The van der Waals surface area contributed by atoms with Crippen molar-refractivity contribution >= 4 is 22.2 Å². The zero-order valence-electron chi connectivity index (χ0n) is 16.3. The van der Waals surface area contributed by atoms with Crippen LogP contribution in [0.15, 0.2) is 42.6 Å². The molecule has 0 atom stereocenters. The second-order valence-corrected chi connectivity index (χ2v) is 7.52. The number of H-pyrrole nitrogens is 1. The van der Waals surface area contributed by atoms with Gasteiger partial charge in [-0.3, -0.25) is 4.90 Å². The van der Waals surface area contributed by atoms with Crippen LogP contribution in [0.1, 0.15) is 39.3 Å². The minimum absolute atomic E-state index is 0.442. The lowest BCUT2D eigenvalue weighted by molar-refractivity contribution is 0.160. The minimum Gasteiger partial charge on any atom is -0.340 e. The van der Waals surface area contributed by atoms with E-state index in [-0.39, 0.29) is 0 Å². The first-order valence-electron chi connectivity index (χ1n) is 9.52. The molecule has 0 saturated heterocycles. The molecule has 4 aromatic rings.